The average molecular weight is 167 g/mol. The van der Waals surface area contributed by atoms with E-state index in [0.717, 1.165) is 0 Å². The van der Waals surface area contributed by atoms with E-state index in [2.05, 4.69) is 0 Å². The molecule has 1 aromatic carbocycles. The summed E-state index contributed by atoms with van der Waals surface area (Å²) in [6.45, 7) is 1.85. The lowest BCUT2D eigenvalue weighted by Crippen LogP contribution is -2.29. The lowest BCUT2D eigenvalue weighted by Gasteiger charge is -2.21. The van der Waals surface area contributed by atoms with Crippen LogP contribution in [0.3, 0.4) is 0 Å². The second-order valence-corrected chi connectivity index (χ2v) is 2.89. The van der Waals surface area contributed by atoms with Crippen LogP contribution in [0.2, 0.25) is 0 Å². The molecular weight excluding hydrogens is 153 g/mol. The second kappa shape index (κ2) is 3.68. The normalized spacial score (nSPS) is 15.6. The lowest BCUT2D eigenvalue weighted by atomic mass is 9.93. The molecule has 0 saturated heterocycles. The molecule has 0 amide bonds. The molecule has 66 valence electrons. The van der Waals surface area contributed by atoms with Crippen molar-refractivity contribution < 1.29 is 4.39 Å². The SMILES string of the molecule is CCC(F)(CN)c1ccccc1. The van der Waals surface area contributed by atoms with E-state index in [9.17, 15) is 4.39 Å². The highest BCUT2D eigenvalue weighted by molar-refractivity contribution is 5.22. The van der Waals surface area contributed by atoms with Crippen molar-refractivity contribution in [1.82, 2.24) is 0 Å². The van der Waals surface area contributed by atoms with Gasteiger partial charge in [-0.05, 0) is 12.0 Å². The Balaban J connectivity index is 2.95. The van der Waals surface area contributed by atoms with Crippen LogP contribution in [0.5, 0.6) is 0 Å². The zero-order chi connectivity index (χ0) is 9.03. The van der Waals surface area contributed by atoms with Crippen molar-refractivity contribution in [2.75, 3.05) is 6.54 Å². The molecule has 1 nitrogen and oxygen atoms in total. The first-order valence-corrected chi connectivity index (χ1v) is 4.17. The van der Waals surface area contributed by atoms with Gasteiger partial charge in [0.25, 0.3) is 0 Å². The Morgan fingerprint density at radius 2 is 1.92 bits per heavy atom. The van der Waals surface area contributed by atoms with E-state index in [1.807, 2.05) is 18.2 Å². The molecule has 0 aliphatic heterocycles. The minimum atomic E-state index is -1.35. The van der Waals surface area contributed by atoms with Crippen molar-refractivity contribution in [3.8, 4) is 0 Å². The molecule has 0 radical (unpaired) electrons. The molecule has 0 heterocycles. The summed E-state index contributed by atoms with van der Waals surface area (Å²) in [7, 11) is 0. The van der Waals surface area contributed by atoms with Gasteiger partial charge in [0, 0.05) is 6.54 Å². The molecule has 0 aromatic heterocycles. The first-order chi connectivity index (χ1) is 5.73. The molecule has 0 bridgehead atoms. The van der Waals surface area contributed by atoms with E-state index in [-0.39, 0.29) is 6.54 Å². The summed E-state index contributed by atoms with van der Waals surface area (Å²) >= 11 is 0. The first kappa shape index (κ1) is 9.20. The highest BCUT2D eigenvalue weighted by Crippen LogP contribution is 2.27. The number of halogens is 1. The quantitative estimate of drug-likeness (QED) is 0.734. The Morgan fingerprint density at radius 3 is 2.33 bits per heavy atom. The van der Waals surface area contributed by atoms with Crippen LogP contribution in [-0.2, 0) is 5.67 Å². The summed E-state index contributed by atoms with van der Waals surface area (Å²) in [6.07, 6.45) is 0.424. The van der Waals surface area contributed by atoms with Gasteiger partial charge in [-0.1, -0.05) is 37.3 Å². The topological polar surface area (TPSA) is 26.0 Å². The van der Waals surface area contributed by atoms with Gasteiger partial charge < -0.3 is 5.73 Å². The number of hydrogen-bond acceptors (Lipinski definition) is 1. The molecule has 1 rings (SSSR count). The van der Waals surface area contributed by atoms with Crippen LogP contribution >= 0.6 is 0 Å². The van der Waals surface area contributed by atoms with Crippen molar-refractivity contribution in [2.24, 2.45) is 5.73 Å². The van der Waals surface area contributed by atoms with Crippen LogP contribution in [0.4, 0.5) is 4.39 Å². The van der Waals surface area contributed by atoms with Crippen LogP contribution < -0.4 is 5.73 Å². The number of nitrogens with two attached hydrogens (primary N) is 1. The molecule has 1 unspecified atom stereocenters. The fourth-order valence-corrected chi connectivity index (χ4v) is 1.20. The second-order valence-electron chi connectivity index (χ2n) is 2.89. The van der Waals surface area contributed by atoms with Crippen molar-refractivity contribution >= 4 is 0 Å². The summed E-state index contributed by atoms with van der Waals surface area (Å²) in [6, 6.07) is 9.08. The average Bonchev–Trinajstić information content (AvgIpc) is 2.18. The summed E-state index contributed by atoms with van der Waals surface area (Å²) in [5.74, 6) is 0. The molecule has 1 aromatic rings. The van der Waals surface area contributed by atoms with E-state index < -0.39 is 5.67 Å². The van der Waals surface area contributed by atoms with E-state index in [1.54, 1.807) is 19.1 Å². The fraction of sp³-hybridized carbons (Fsp3) is 0.400. The van der Waals surface area contributed by atoms with Gasteiger partial charge in [0.1, 0.15) is 5.67 Å². The molecule has 0 aliphatic carbocycles. The lowest BCUT2D eigenvalue weighted by molar-refractivity contribution is 0.169. The molecule has 0 saturated carbocycles. The molecule has 0 spiro atoms. The molecule has 0 fully saturated rings. The molecular formula is C10H14FN. The Bertz CT molecular complexity index is 229. The molecule has 2 heteroatoms. The summed E-state index contributed by atoms with van der Waals surface area (Å²) in [4.78, 5) is 0. The van der Waals surface area contributed by atoms with Gasteiger partial charge >= 0.3 is 0 Å². The minimum Gasteiger partial charge on any atom is -0.327 e. The van der Waals surface area contributed by atoms with Crippen LogP contribution in [0, 0.1) is 0 Å². The summed E-state index contributed by atoms with van der Waals surface area (Å²) in [5.41, 5.74) is 4.70. The zero-order valence-electron chi connectivity index (χ0n) is 7.26. The van der Waals surface area contributed by atoms with Gasteiger partial charge in [-0.25, -0.2) is 4.39 Å². The monoisotopic (exact) mass is 167 g/mol. The Kier molecular flexibility index (Phi) is 2.82. The smallest absolute Gasteiger partial charge is 0.147 e. The third kappa shape index (κ3) is 1.64. The van der Waals surface area contributed by atoms with Gasteiger partial charge in [-0.3, -0.25) is 0 Å². The van der Waals surface area contributed by atoms with Crippen LogP contribution in [0.15, 0.2) is 30.3 Å². The standard InChI is InChI=1S/C10H14FN/c1-2-10(11,8-12)9-6-4-3-5-7-9/h3-7H,2,8,12H2,1H3. The van der Waals surface area contributed by atoms with Crippen LogP contribution in [0.25, 0.3) is 0 Å². The van der Waals surface area contributed by atoms with E-state index in [0.29, 0.717) is 12.0 Å². The summed E-state index contributed by atoms with van der Waals surface area (Å²) in [5, 5.41) is 0. The van der Waals surface area contributed by atoms with E-state index in [4.69, 9.17) is 5.73 Å². The largest absolute Gasteiger partial charge is 0.327 e. The van der Waals surface area contributed by atoms with Crippen molar-refractivity contribution in [3.05, 3.63) is 35.9 Å². The predicted octanol–water partition coefficient (Wildman–Crippen LogP) is 2.22. The van der Waals surface area contributed by atoms with Crippen LogP contribution in [-0.4, -0.2) is 6.54 Å². The van der Waals surface area contributed by atoms with Gasteiger partial charge in [0.15, 0.2) is 0 Å². The predicted molar refractivity (Wildman–Crippen MR) is 48.6 cm³/mol. The molecule has 0 aliphatic rings. The number of rotatable bonds is 3. The molecule has 1 atom stereocenters. The summed E-state index contributed by atoms with van der Waals surface area (Å²) < 4.78 is 13.9. The first-order valence-electron chi connectivity index (χ1n) is 4.17. The zero-order valence-corrected chi connectivity index (χ0v) is 7.26. The highest BCUT2D eigenvalue weighted by Gasteiger charge is 2.27. The highest BCUT2D eigenvalue weighted by atomic mass is 19.1. The van der Waals surface area contributed by atoms with Gasteiger partial charge in [0.2, 0.25) is 0 Å². The minimum absolute atomic E-state index is 0.0491. The van der Waals surface area contributed by atoms with Gasteiger partial charge in [0.05, 0.1) is 0 Å². The van der Waals surface area contributed by atoms with E-state index in [1.165, 1.54) is 0 Å². The van der Waals surface area contributed by atoms with Gasteiger partial charge in [-0.2, -0.15) is 0 Å². The van der Waals surface area contributed by atoms with Crippen molar-refractivity contribution in [3.63, 3.8) is 0 Å². The third-order valence-electron chi connectivity index (χ3n) is 2.18. The maximum absolute atomic E-state index is 13.9. The van der Waals surface area contributed by atoms with Gasteiger partial charge in [-0.15, -0.1) is 0 Å². The van der Waals surface area contributed by atoms with Crippen molar-refractivity contribution in [2.45, 2.75) is 19.0 Å². The Labute approximate surface area is 72.4 Å². The fourth-order valence-electron chi connectivity index (χ4n) is 1.20. The number of alkyl halides is 1. The molecule has 2 N–H and O–H groups in total. The third-order valence-corrected chi connectivity index (χ3v) is 2.18. The van der Waals surface area contributed by atoms with Crippen molar-refractivity contribution in [1.29, 1.82) is 0 Å². The molecule has 12 heavy (non-hydrogen) atoms. The Morgan fingerprint density at radius 1 is 1.33 bits per heavy atom. The Hall–Kier alpha value is -0.890. The number of benzene rings is 1. The van der Waals surface area contributed by atoms with Crippen LogP contribution in [0.1, 0.15) is 18.9 Å². The maximum Gasteiger partial charge on any atom is 0.147 e. The van der Waals surface area contributed by atoms with E-state index >= 15 is 0 Å². The maximum atomic E-state index is 13.9. The number of hydrogen-bond donors (Lipinski definition) is 1.